The maximum absolute atomic E-state index is 6.41. The summed E-state index contributed by atoms with van der Waals surface area (Å²) in [7, 11) is 0. The largest absolute Gasteiger partial charge is 0.439 e. The van der Waals surface area contributed by atoms with E-state index < -0.39 is 0 Å². The number of benzene rings is 4. The highest BCUT2D eigenvalue weighted by molar-refractivity contribution is 7.31. The summed E-state index contributed by atoms with van der Waals surface area (Å²) in [5.74, 6) is 0.901. The first-order valence-electron chi connectivity index (χ1n) is 11.2. The quantitative estimate of drug-likeness (QED) is 0.273. The Bertz CT molecular complexity index is 1720. The van der Waals surface area contributed by atoms with Gasteiger partial charge in [-0.2, -0.15) is 0 Å². The number of furan rings is 1. The van der Waals surface area contributed by atoms with Crippen LogP contribution >= 0.6 is 11.3 Å². The number of para-hydroxylation sites is 1. The maximum atomic E-state index is 6.41. The van der Waals surface area contributed by atoms with Gasteiger partial charge in [0.2, 0.25) is 5.88 Å². The van der Waals surface area contributed by atoms with Crippen molar-refractivity contribution >= 4 is 61.4 Å². The lowest BCUT2D eigenvalue weighted by Gasteiger charge is -2.30. The molecule has 0 bridgehead atoms. The van der Waals surface area contributed by atoms with Crippen LogP contribution in [0.5, 0.6) is 0 Å². The molecule has 0 radical (unpaired) electrons. The molecule has 3 nitrogen and oxygen atoms in total. The van der Waals surface area contributed by atoms with Gasteiger partial charge in [0, 0.05) is 31.7 Å². The van der Waals surface area contributed by atoms with Crippen molar-refractivity contribution in [3.05, 3.63) is 97.1 Å². The van der Waals surface area contributed by atoms with Gasteiger partial charge in [-0.1, -0.05) is 66.7 Å². The summed E-state index contributed by atoms with van der Waals surface area (Å²) in [4.78, 5) is 2.34. The lowest BCUT2D eigenvalue weighted by atomic mass is 9.66. The Hall–Kier alpha value is -3.96. The van der Waals surface area contributed by atoms with Crippen molar-refractivity contribution in [3.8, 4) is 22.3 Å². The smallest absolute Gasteiger partial charge is 0.427 e. The van der Waals surface area contributed by atoms with Crippen molar-refractivity contribution < 1.29 is 4.42 Å². The van der Waals surface area contributed by atoms with E-state index >= 15 is 0 Å². The van der Waals surface area contributed by atoms with Gasteiger partial charge in [-0.15, -0.1) is 11.3 Å². The Balaban J connectivity index is 1.44. The molecule has 2 aliphatic heterocycles. The van der Waals surface area contributed by atoms with Crippen LogP contribution in [0.4, 0.5) is 17.3 Å². The number of rotatable bonds is 1. The molecule has 0 atom stereocenters. The second-order valence-corrected chi connectivity index (χ2v) is 9.71. The SMILES string of the molecule is c1ccc(-c2ccc3c(c2)-c2c(sc4ccccc24)B2Nc4c(oc5ccccc45)N23)cc1. The first-order chi connectivity index (χ1) is 16.4. The predicted octanol–water partition coefficient (Wildman–Crippen LogP) is 7.25. The van der Waals surface area contributed by atoms with Gasteiger partial charge in [0.15, 0.2) is 0 Å². The molecule has 5 heteroatoms. The van der Waals surface area contributed by atoms with Crippen LogP contribution in [-0.2, 0) is 0 Å². The number of thiophene rings is 1. The summed E-state index contributed by atoms with van der Waals surface area (Å²) in [6.07, 6.45) is 0. The minimum absolute atomic E-state index is 0.0332. The van der Waals surface area contributed by atoms with Gasteiger partial charge in [0.25, 0.3) is 0 Å². The molecule has 0 saturated heterocycles. The van der Waals surface area contributed by atoms with E-state index in [1.807, 2.05) is 23.5 Å². The molecule has 0 fully saturated rings. The molecule has 0 saturated carbocycles. The molecule has 154 valence electrons. The number of nitrogens with one attached hydrogen (secondary N) is 1. The molecule has 33 heavy (non-hydrogen) atoms. The van der Waals surface area contributed by atoms with E-state index in [4.69, 9.17) is 4.42 Å². The number of fused-ring (bicyclic) bond motifs is 12. The Morgan fingerprint density at radius 2 is 1.55 bits per heavy atom. The van der Waals surface area contributed by atoms with Crippen LogP contribution in [0.25, 0.3) is 43.3 Å². The Morgan fingerprint density at radius 3 is 2.45 bits per heavy atom. The first kappa shape index (κ1) is 17.6. The van der Waals surface area contributed by atoms with Crippen LogP contribution in [0.15, 0.2) is 101 Å². The summed E-state index contributed by atoms with van der Waals surface area (Å²) in [5, 5.41) is 6.26. The molecule has 0 unspecified atom stereocenters. The Labute approximate surface area is 195 Å². The minimum Gasteiger partial charge on any atom is -0.439 e. The highest BCUT2D eigenvalue weighted by Crippen LogP contribution is 2.52. The van der Waals surface area contributed by atoms with E-state index in [1.54, 1.807) is 0 Å². The number of hydrogen-bond donors (Lipinski definition) is 1. The second-order valence-electron chi connectivity index (χ2n) is 8.63. The molecule has 0 aliphatic carbocycles. The Morgan fingerprint density at radius 1 is 0.758 bits per heavy atom. The van der Waals surface area contributed by atoms with E-state index in [-0.39, 0.29) is 6.98 Å². The zero-order chi connectivity index (χ0) is 21.5. The lowest BCUT2D eigenvalue weighted by Crippen LogP contribution is -2.50. The third-order valence-corrected chi connectivity index (χ3v) is 8.06. The summed E-state index contributed by atoms with van der Waals surface area (Å²) in [6, 6.07) is 34.5. The van der Waals surface area contributed by atoms with Crippen LogP contribution in [-0.4, -0.2) is 6.98 Å². The number of anilines is 3. The normalized spacial score (nSPS) is 13.6. The van der Waals surface area contributed by atoms with E-state index in [0.29, 0.717) is 0 Å². The first-order valence-corrected chi connectivity index (χ1v) is 12.0. The molecule has 2 aliphatic rings. The second kappa shape index (κ2) is 6.30. The van der Waals surface area contributed by atoms with E-state index in [0.717, 1.165) is 22.5 Å². The average molecular weight is 440 g/mol. The zero-order valence-electron chi connectivity index (χ0n) is 17.6. The molecule has 4 aromatic carbocycles. The minimum atomic E-state index is 0.0332. The monoisotopic (exact) mass is 440 g/mol. The fourth-order valence-corrected chi connectivity index (χ4v) is 6.64. The van der Waals surface area contributed by atoms with Crippen LogP contribution in [0.2, 0.25) is 0 Å². The van der Waals surface area contributed by atoms with Crippen LogP contribution < -0.4 is 14.8 Å². The van der Waals surface area contributed by atoms with Gasteiger partial charge >= 0.3 is 6.98 Å². The fraction of sp³-hybridized carbons (Fsp3) is 0. The lowest BCUT2D eigenvalue weighted by molar-refractivity contribution is 0.628. The molecule has 2 aromatic heterocycles. The molecular formula is C28H17BN2OS. The van der Waals surface area contributed by atoms with Gasteiger partial charge < -0.3 is 14.5 Å². The topological polar surface area (TPSA) is 28.4 Å². The molecule has 0 amide bonds. The van der Waals surface area contributed by atoms with Gasteiger partial charge in [0.1, 0.15) is 5.58 Å². The van der Waals surface area contributed by atoms with Crippen molar-refractivity contribution in [2.75, 3.05) is 10.0 Å². The summed E-state index contributed by atoms with van der Waals surface area (Å²) >= 11 is 1.87. The van der Waals surface area contributed by atoms with Gasteiger partial charge in [-0.05, 0) is 46.8 Å². The molecular weight excluding hydrogens is 423 g/mol. The summed E-state index contributed by atoms with van der Waals surface area (Å²) in [5.41, 5.74) is 8.23. The fourth-order valence-electron chi connectivity index (χ4n) is 5.38. The van der Waals surface area contributed by atoms with Crippen LogP contribution in [0.1, 0.15) is 0 Å². The highest BCUT2D eigenvalue weighted by atomic mass is 32.1. The van der Waals surface area contributed by atoms with E-state index in [9.17, 15) is 0 Å². The van der Waals surface area contributed by atoms with Gasteiger partial charge in [-0.3, -0.25) is 0 Å². The maximum Gasteiger partial charge on any atom is 0.427 e. The van der Waals surface area contributed by atoms with E-state index in [2.05, 4.69) is 95.0 Å². The van der Waals surface area contributed by atoms with Crippen molar-refractivity contribution in [3.63, 3.8) is 0 Å². The van der Waals surface area contributed by atoms with Crippen molar-refractivity contribution in [1.29, 1.82) is 0 Å². The molecule has 8 rings (SSSR count). The summed E-state index contributed by atoms with van der Waals surface area (Å²) < 4.78 is 9.06. The number of hydrogen-bond acceptors (Lipinski definition) is 4. The molecule has 0 spiro atoms. The number of nitrogens with zero attached hydrogens (tertiary/aromatic N) is 1. The highest BCUT2D eigenvalue weighted by Gasteiger charge is 2.47. The van der Waals surface area contributed by atoms with Gasteiger partial charge in [0.05, 0.1) is 5.69 Å². The van der Waals surface area contributed by atoms with Gasteiger partial charge in [-0.25, -0.2) is 0 Å². The third kappa shape index (κ3) is 2.30. The standard InChI is InChI=1S/C28H17BN2OS/c1-2-8-17(9-3-1)18-14-15-22-21(16-18)25-20-11-5-7-13-24(20)33-27(25)29-30-26-19-10-4-6-12-23(19)32-28(26)31(22)29/h1-16,30H. The van der Waals surface area contributed by atoms with Crippen molar-refractivity contribution in [1.82, 2.24) is 0 Å². The van der Waals surface area contributed by atoms with Crippen LogP contribution in [0.3, 0.4) is 0 Å². The summed E-state index contributed by atoms with van der Waals surface area (Å²) in [6.45, 7) is 0.0332. The molecule has 6 aromatic rings. The van der Waals surface area contributed by atoms with Crippen LogP contribution in [0, 0.1) is 0 Å². The predicted molar refractivity (Wildman–Crippen MR) is 140 cm³/mol. The zero-order valence-corrected chi connectivity index (χ0v) is 18.4. The molecule has 1 N–H and O–H groups in total. The van der Waals surface area contributed by atoms with Crippen molar-refractivity contribution in [2.45, 2.75) is 0 Å². The average Bonchev–Trinajstić information content (AvgIpc) is 3.54. The Kier molecular flexibility index (Phi) is 3.36. The van der Waals surface area contributed by atoms with Crippen molar-refractivity contribution in [2.24, 2.45) is 0 Å². The third-order valence-electron chi connectivity index (χ3n) is 6.84. The molecule has 4 heterocycles. The van der Waals surface area contributed by atoms with E-state index in [1.165, 1.54) is 42.8 Å².